The highest BCUT2D eigenvalue weighted by molar-refractivity contribution is 5.98. The molecule has 0 aliphatic carbocycles. The first kappa shape index (κ1) is 30.1. The Balaban J connectivity index is 1.55. The monoisotopic (exact) mass is 586 g/mol. The lowest BCUT2D eigenvalue weighted by Crippen LogP contribution is -2.49. The number of amides is 2. The summed E-state index contributed by atoms with van der Waals surface area (Å²) in [4.78, 5) is 35.3. The number of rotatable bonds is 10. The van der Waals surface area contributed by atoms with E-state index < -0.39 is 25.1 Å². The molecule has 14 heteroatoms. The number of alkyl halides is 3. The third-order valence-corrected chi connectivity index (χ3v) is 6.28. The number of aliphatic hydroxyl groups excluding tert-OH is 1. The number of carbonyl (C=O) groups is 2. The molecule has 1 aliphatic heterocycles. The van der Waals surface area contributed by atoms with Crippen molar-refractivity contribution in [2.24, 2.45) is 0 Å². The summed E-state index contributed by atoms with van der Waals surface area (Å²) in [6.45, 7) is 4.91. The zero-order valence-corrected chi connectivity index (χ0v) is 22.6. The van der Waals surface area contributed by atoms with Crippen molar-refractivity contribution < 1.29 is 37.3 Å². The Labute approximate surface area is 239 Å². The van der Waals surface area contributed by atoms with E-state index in [1.54, 1.807) is 29.2 Å². The van der Waals surface area contributed by atoms with E-state index in [2.05, 4.69) is 32.1 Å². The standard InChI is InChI=1S/C28H29F3N6O5/c1-3-24(39)33-19-5-4-6-21(13-19)42-26-18(15-28(29,30)31)16-32-27(35-26)34-22-8-7-20(14-23(22)41-2)36-9-11-37(12-10-36)25(40)17-38/h3-8,13-14,16,38H,1,9-12,15,17H2,2H3,(H,33,39)(H,32,34,35). The number of methoxy groups -OCH3 is 1. The smallest absolute Gasteiger partial charge is 0.393 e. The molecule has 0 bridgehead atoms. The maximum atomic E-state index is 13.3. The second-order valence-electron chi connectivity index (χ2n) is 9.17. The van der Waals surface area contributed by atoms with Gasteiger partial charge >= 0.3 is 6.18 Å². The Morgan fingerprint density at radius 2 is 1.90 bits per heavy atom. The van der Waals surface area contributed by atoms with Crippen LogP contribution in [0.15, 0.2) is 61.3 Å². The van der Waals surface area contributed by atoms with Crippen molar-refractivity contribution in [3.63, 3.8) is 0 Å². The van der Waals surface area contributed by atoms with Gasteiger partial charge < -0.3 is 35.0 Å². The van der Waals surface area contributed by atoms with E-state index >= 15 is 0 Å². The number of aliphatic hydroxyl groups is 1. The van der Waals surface area contributed by atoms with E-state index in [0.717, 1.165) is 18.0 Å². The van der Waals surface area contributed by atoms with Gasteiger partial charge in [0.2, 0.25) is 23.6 Å². The van der Waals surface area contributed by atoms with E-state index in [-0.39, 0.29) is 29.0 Å². The van der Waals surface area contributed by atoms with Gasteiger partial charge in [0.25, 0.3) is 0 Å². The van der Waals surface area contributed by atoms with Crippen LogP contribution in [0.25, 0.3) is 0 Å². The van der Waals surface area contributed by atoms with Crippen LogP contribution in [0.4, 0.5) is 36.2 Å². The fourth-order valence-electron chi connectivity index (χ4n) is 4.23. The predicted octanol–water partition coefficient (Wildman–Crippen LogP) is 3.89. The molecule has 11 nitrogen and oxygen atoms in total. The van der Waals surface area contributed by atoms with Gasteiger partial charge in [0.1, 0.15) is 18.1 Å². The van der Waals surface area contributed by atoms with E-state index in [1.807, 2.05) is 6.07 Å². The van der Waals surface area contributed by atoms with Crippen molar-refractivity contribution in [1.82, 2.24) is 14.9 Å². The molecule has 222 valence electrons. The maximum absolute atomic E-state index is 13.3. The van der Waals surface area contributed by atoms with Gasteiger partial charge in [0, 0.05) is 61.4 Å². The van der Waals surface area contributed by atoms with Crippen LogP contribution in [0, 0.1) is 0 Å². The first-order valence-corrected chi connectivity index (χ1v) is 12.8. The fraction of sp³-hybridized carbons (Fsp3) is 0.286. The minimum absolute atomic E-state index is 0.0331. The van der Waals surface area contributed by atoms with Crippen molar-refractivity contribution in [2.75, 3.05) is 55.4 Å². The average Bonchev–Trinajstić information content (AvgIpc) is 2.97. The number of aromatic nitrogens is 2. The molecule has 0 atom stereocenters. The number of anilines is 4. The number of halogens is 3. The molecule has 2 amide bonds. The Hall–Kier alpha value is -4.85. The molecule has 3 aromatic rings. The molecule has 1 fully saturated rings. The summed E-state index contributed by atoms with van der Waals surface area (Å²) in [5.41, 5.74) is 1.37. The second-order valence-corrected chi connectivity index (χ2v) is 9.17. The summed E-state index contributed by atoms with van der Waals surface area (Å²) in [6.07, 6.45) is -3.73. The molecule has 0 spiro atoms. The molecule has 1 aliphatic rings. The first-order valence-electron chi connectivity index (χ1n) is 12.8. The second kappa shape index (κ2) is 13.2. The zero-order chi connectivity index (χ0) is 30.3. The van der Waals surface area contributed by atoms with Crippen LogP contribution < -0.4 is 25.0 Å². The predicted molar refractivity (Wildman–Crippen MR) is 149 cm³/mol. The van der Waals surface area contributed by atoms with E-state index in [4.69, 9.17) is 14.6 Å². The lowest BCUT2D eigenvalue weighted by molar-refractivity contribution is -0.134. The average molecular weight is 587 g/mol. The van der Waals surface area contributed by atoms with Crippen LogP contribution in [0.5, 0.6) is 17.4 Å². The Morgan fingerprint density at radius 1 is 1.14 bits per heavy atom. The number of ether oxygens (including phenoxy) is 2. The quantitative estimate of drug-likeness (QED) is 0.303. The van der Waals surface area contributed by atoms with Gasteiger partial charge in [-0.1, -0.05) is 12.6 Å². The number of nitrogens with one attached hydrogen (secondary N) is 2. The van der Waals surface area contributed by atoms with Crippen molar-refractivity contribution in [1.29, 1.82) is 0 Å². The summed E-state index contributed by atoms with van der Waals surface area (Å²) in [7, 11) is 1.47. The van der Waals surface area contributed by atoms with Gasteiger partial charge in [0.05, 0.1) is 19.2 Å². The summed E-state index contributed by atoms with van der Waals surface area (Å²) in [6, 6.07) is 11.4. The molecule has 2 heterocycles. The number of carbonyl (C=O) groups excluding carboxylic acids is 2. The minimum Gasteiger partial charge on any atom is -0.494 e. The first-order chi connectivity index (χ1) is 20.1. The molecule has 0 unspecified atom stereocenters. The summed E-state index contributed by atoms with van der Waals surface area (Å²) in [5, 5.41) is 14.6. The number of hydrogen-bond donors (Lipinski definition) is 3. The topological polar surface area (TPSA) is 129 Å². The normalized spacial score (nSPS) is 13.4. The molecule has 0 saturated carbocycles. The summed E-state index contributed by atoms with van der Waals surface area (Å²) < 4.78 is 51.1. The molecule has 42 heavy (non-hydrogen) atoms. The number of nitrogens with zero attached hydrogens (tertiary/aromatic N) is 4. The van der Waals surface area contributed by atoms with Crippen LogP contribution >= 0.6 is 0 Å². The van der Waals surface area contributed by atoms with E-state index in [1.165, 1.54) is 19.2 Å². The van der Waals surface area contributed by atoms with Crippen LogP contribution in [-0.4, -0.2) is 77.9 Å². The van der Waals surface area contributed by atoms with Crippen LogP contribution in [0.2, 0.25) is 0 Å². The zero-order valence-electron chi connectivity index (χ0n) is 22.6. The highest BCUT2D eigenvalue weighted by Gasteiger charge is 2.30. The number of piperazine rings is 1. The van der Waals surface area contributed by atoms with Gasteiger partial charge in [-0.15, -0.1) is 0 Å². The molecule has 3 N–H and O–H groups in total. The number of hydrogen-bond acceptors (Lipinski definition) is 9. The molecule has 1 saturated heterocycles. The van der Waals surface area contributed by atoms with Crippen molar-refractivity contribution in [3.8, 4) is 17.4 Å². The van der Waals surface area contributed by atoms with Crippen molar-refractivity contribution in [2.45, 2.75) is 12.6 Å². The van der Waals surface area contributed by atoms with Crippen LogP contribution in [-0.2, 0) is 16.0 Å². The van der Waals surface area contributed by atoms with Gasteiger partial charge in [-0.3, -0.25) is 9.59 Å². The Morgan fingerprint density at radius 3 is 2.57 bits per heavy atom. The molecular formula is C28H29F3N6O5. The van der Waals surface area contributed by atoms with Gasteiger partial charge in [-0.05, 0) is 30.3 Å². The lowest BCUT2D eigenvalue weighted by atomic mass is 10.2. The highest BCUT2D eigenvalue weighted by Crippen LogP contribution is 2.34. The maximum Gasteiger partial charge on any atom is 0.393 e. The summed E-state index contributed by atoms with van der Waals surface area (Å²) >= 11 is 0. The molecule has 0 radical (unpaired) electrons. The molecule has 2 aromatic carbocycles. The molecule has 1 aromatic heterocycles. The third-order valence-electron chi connectivity index (χ3n) is 6.28. The van der Waals surface area contributed by atoms with Gasteiger partial charge in [0.15, 0.2) is 0 Å². The largest absolute Gasteiger partial charge is 0.494 e. The number of benzene rings is 2. The Bertz CT molecular complexity index is 1440. The lowest BCUT2D eigenvalue weighted by Gasteiger charge is -2.36. The Kier molecular flexibility index (Phi) is 9.47. The summed E-state index contributed by atoms with van der Waals surface area (Å²) in [5.74, 6) is -0.553. The third kappa shape index (κ3) is 7.87. The highest BCUT2D eigenvalue weighted by atomic mass is 19.4. The SMILES string of the molecule is C=CC(=O)Nc1cccc(Oc2nc(Nc3ccc(N4CCN(C(=O)CO)CC4)cc3OC)ncc2CC(F)(F)F)c1. The molecular weight excluding hydrogens is 557 g/mol. The van der Waals surface area contributed by atoms with E-state index in [0.29, 0.717) is 43.3 Å². The molecule has 4 rings (SSSR count). The van der Waals surface area contributed by atoms with Crippen molar-refractivity contribution >= 4 is 34.8 Å². The van der Waals surface area contributed by atoms with Gasteiger partial charge in [-0.2, -0.15) is 18.2 Å². The fourth-order valence-corrected chi connectivity index (χ4v) is 4.23. The van der Waals surface area contributed by atoms with E-state index in [9.17, 15) is 22.8 Å². The van der Waals surface area contributed by atoms with Crippen LogP contribution in [0.1, 0.15) is 5.56 Å². The van der Waals surface area contributed by atoms with Gasteiger partial charge in [-0.25, -0.2) is 4.98 Å². The minimum atomic E-state index is -4.54. The van der Waals surface area contributed by atoms with Crippen LogP contribution in [0.3, 0.4) is 0 Å². The van der Waals surface area contributed by atoms with Crippen molar-refractivity contribution in [3.05, 3.63) is 66.9 Å².